The quantitative estimate of drug-likeness (QED) is 0.479. The van der Waals surface area contributed by atoms with E-state index in [0.717, 1.165) is 31.2 Å². The van der Waals surface area contributed by atoms with Crippen LogP contribution in [-0.4, -0.2) is 18.2 Å². The van der Waals surface area contributed by atoms with Gasteiger partial charge in [-0.2, -0.15) is 0 Å². The van der Waals surface area contributed by atoms with Crippen molar-refractivity contribution < 1.29 is 29.1 Å². The minimum atomic E-state index is -1.00. The second kappa shape index (κ2) is 7.79. The van der Waals surface area contributed by atoms with Crippen molar-refractivity contribution in [1.29, 1.82) is 0 Å². The highest BCUT2D eigenvalue weighted by atomic mass is 17.5. The maximum Gasteiger partial charge on any atom is 0.543 e. The van der Waals surface area contributed by atoms with Crippen molar-refractivity contribution in [1.82, 2.24) is 0 Å². The summed E-state index contributed by atoms with van der Waals surface area (Å²) in [7, 11) is 0. The molecule has 2 unspecified atom stereocenters. The van der Waals surface area contributed by atoms with E-state index in [1.54, 1.807) is 31.2 Å². The molecule has 22 heavy (non-hydrogen) atoms. The zero-order chi connectivity index (χ0) is 15.9. The van der Waals surface area contributed by atoms with Crippen LogP contribution >= 0.6 is 0 Å². The van der Waals surface area contributed by atoms with Gasteiger partial charge < -0.3 is 4.74 Å². The first kappa shape index (κ1) is 16.3. The third-order valence-corrected chi connectivity index (χ3v) is 3.73. The van der Waals surface area contributed by atoms with Gasteiger partial charge in [0.05, 0.1) is 10.6 Å². The highest BCUT2D eigenvalue weighted by Crippen LogP contribution is 2.25. The van der Waals surface area contributed by atoms with Crippen LogP contribution in [0.3, 0.4) is 0 Å². The van der Waals surface area contributed by atoms with E-state index in [2.05, 4.69) is 21.7 Å². The molecule has 0 radical (unpaired) electrons. The predicted molar refractivity (Wildman–Crippen MR) is 76.7 cm³/mol. The number of hydrogen-bond acceptors (Lipinski definition) is 6. The van der Waals surface area contributed by atoms with Crippen LogP contribution in [0.5, 0.6) is 0 Å². The Kier molecular flexibility index (Phi) is 5.77. The van der Waals surface area contributed by atoms with Crippen LogP contribution < -0.4 is 0 Å². The molecule has 0 amide bonds. The molecule has 1 aliphatic rings. The van der Waals surface area contributed by atoms with Crippen LogP contribution in [0.25, 0.3) is 0 Å². The summed E-state index contributed by atoms with van der Waals surface area (Å²) < 4.78 is 5.10. The summed E-state index contributed by atoms with van der Waals surface area (Å²) in [6.07, 6.45) is 2.59. The van der Waals surface area contributed by atoms with Crippen LogP contribution in [0.15, 0.2) is 24.3 Å². The van der Waals surface area contributed by atoms with Crippen LogP contribution in [0, 0.1) is 12.8 Å². The highest BCUT2D eigenvalue weighted by Gasteiger charge is 2.23. The third kappa shape index (κ3) is 4.73. The van der Waals surface area contributed by atoms with E-state index in [-0.39, 0.29) is 6.10 Å². The largest absolute Gasteiger partial charge is 0.543 e. The van der Waals surface area contributed by atoms with Crippen molar-refractivity contribution in [3.63, 3.8) is 0 Å². The number of rotatable bonds is 4. The molecule has 0 N–H and O–H groups in total. The van der Waals surface area contributed by atoms with E-state index in [1.807, 2.05) is 0 Å². The van der Waals surface area contributed by atoms with Crippen molar-refractivity contribution in [2.24, 2.45) is 5.92 Å². The summed E-state index contributed by atoms with van der Waals surface area (Å²) in [5.74, 6) is -0.219. The highest BCUT2D eigenvalue weighted by molar-refractivity contribution is 5.90. The smallest absolute Gasteiger partial charge is 0.429 e. The Hall–Kier alpha value is -2.08. The molecule has 1 aromatic rings. The van der Waals surface area contributed by atoms with Crippen LogP contribution in [-0.2, 0) is 19.6 Å². The van der Waals surface area contributed by atoms with Crippen molar-refractivity contribution in [2.45, 2.75) is 45.6 Å². The van der Waals surface area contributed by atoms with E-state index in [1.165, 1.54) is 0 Å². The molecular weight excluding hydrogens is 288 g/mol. The molecule has 1 aliphatic carbocycles. The summed E-state index contributed by atoms with van der Waals surface area (Å²) in [5, 5.41) is 4.21. The zero-order valence-electron chi connectivity index (χ0n) is 12.7. The Morgan fingerprint density at radius 2 is 1.91 bits per heavy atom. The Bertz CT molecular complexity index is 527. The van der Waals surface area contributed by atoms with E-state index in [4.69, 9.17) is 4.74 Å². The third-order valence-electron chi connectivity index (χ3n) is 3.73. The molecule has 1 saturated carbocycles. The van der Waals surface area contributed by atoms with E-state index in [9.17, 15) is 9.59 Å². The molecule has 0 aromatic heterocycles. The van der Waals surface area contributed by atoms with Gasteiger partial charge in [-0.25, -0.2) is 14.5 Å². The first-order valence-corrected chi connectivity index (χ1v) is 7.38. The molecule has 0 spiro atoms. The lowest BCUT2D eigenvalue weighted by atomic mass is 9.89. The Labute approximate surface area is 129 Å². The van der Waals surface area contributed by atoms with Crippen LogP contribution in [0.2, 0.25) is 0 Å². The van der Waals surface area contributed by atoms with Crippen LogP contribution in [0.4, 0.5) is 4.79 Å². The molecule has 2 atom stereocenters. The number of carbonyl (C=O) groups excluding carboxylic acids is 2. The minimum absolute atomic E-state index is 0.174. The standard InChI is InChI=1S/C16H20O6/c1-11-6-5-8-13(10-11)19-16(18)21-22-20-15(17)14-9-4-3-7-12(14)2/h3-4,7,9,11,13H,5-6,8,10H2,1-2H3. The predicted octanol–water partition coefficient (Wildman–Crippen LogP) is 3.73. The molecule has 1 aromatic carbocycles. The molecule has 0 heterocycles. The lowest BCUT2D eigenvalue weighted by molar-refractivity contribution is -0.453. The van der Waals surface area contributed by atoms with Crippen molar-refractivity contribution in [2.75, 3.05) is 0 Å². The van der Waals surface area contributed by atoms with Crippen molar-refractivity contribution >= 4 is 12.1 Å². The summed E-state index contributed by atoms with van der Waals surface area (Å²) in [6, 6.07) is 6.84. The topological polar surface area (TPSA) is 71.1 Å². The molecular formula is C16H20O6. The van der Waals surface area contributed by atoms with Gasteiger partial charge in [0, 0.05) is 0 Å². The molecule has 6 nitrogen and oxygen atoms in total. The SMILES string of the molecule is Cc1ccccc1C(=O)OOOC(=O)OC1CCCC(C)C1. The fraction of sp³-hybridized carbons (Fsp3) is 0.500. The number of aryl methyl sites for hydroxylation is 1. The van der Waals surface area contributed by atoms with E-state index in [0.29, 0.717) is 11.5 Å². The molecule has 0 bridgehead atoms. The monoisotopic (exact) mass is 308 g/mol. The van der Waals surface area contributed by atoms with E-state index >= 15 is 0 Å². The van der Waals surface area contributed by atoms with Gasteiger partial charge in [-0.1, -0.05) is 31.5 Å². The fourth-order valence-electron chi connectivity index (χ4n) is 2.56. The average Bonchev–Trinajstić information content (AvgIpc) is 2.47. The van der Waals surface area contributed by atoms with Crippen molar-refractivity contribution in [3.05, 3.63) is 35.4 Å². The maximum absolute atomic E-state index is 11.7. The zero-order valence-corrected chi connectivity index (χ0v) is 12.7. The Balaban J connectivity index is 1.71. The normalized spacial score (nSPS) is 21.0. The van der Waals surface area contributed by atoms with E-state index < -0.39 is 12.1 Å². The fourth-order valence-corrected chi connectivity index (χ4v) is 2.56. The molecule has 2 rings (SSSR count). The van der Waals surface area contributed by atoms with Crippen LogP contribution in [0.1, 0.15) is 48.5 Å². The summed E-state index contributed by atoms with van der Waals surface area (Å²) in [5.41, 5.74) is 1.07. The van der Waals surface area contributed by atoms with Gasteiger partial charge >= 0.3 is 12.1 Å². The maximum atomic E-state index is 11.7. The van der Waals surface area contributed by atoms with Gasteiger partial charge in [-0.05, 0) is 43.7 Å². The van der Waals surface area contributed by atoms with Gasteiger partial charge in [0.1, 0.15) is 6.10 Å². The second-order valence-electron chi connectivity index (χ2n) is 5.60. The van der Waals surface area contributed by atoms with Gasteiger partial charge in [0.25, 0.3) is 0 Å². The number of benzene rings is 1. The van der Waals surface area contributed by atoms with Gasteiger partial charge in [-0.15, -0.1) is 0 Å². The Morgan fingerprint density at radius 1 is 1.14 bits per heavy atom. The Morgan fingerprint density at radius 3 is 2.64 bits per heavy atom. The number of carbonyl (C=O) groups is 2. The van der Waals surface area contributed by atoms with Gasteiger partial charge in [0.2, 0.25) is 0 Å². The minimum Gasteiger partial charge on any atom is -0.429 e. The summed E-state index contributed by atoms with van der Waals surface area (Å²) >= 11 is 0. The number of hydrogen-bond donors (Lipinski definition) is 0. The van der Waals surface area contributed by atoms with Gasteiger partial charge in [0.15, 0.2) is 0 Å². The van der Waals surface area contributed by atoms with Crippen molar-refractivity contribution in [3.8, 4) is 0 Å². The molecule has 0 saturated heterocycles. The first-order valence-electron chi connectivity index (χ1n) is 7.38. The molecule has 0 aliphatic heterocycles. The second-order valence-corrected chi connectivity index (χ2v) is 5.60. The molecule has 6 heteroatoms. The summed E-state index contributed by atoms with van der Waals surface area (Å²) in [6.45, 7) is 3.87. The summed E-state index contributed by atoms with van der Waals surface area (Å²) in [4.78, 5) is 31.9. The lowest BCUT2D eigenvalue weighted by Crippen LogP contribution is -2.25. The molecule has 120 valence electrons. The van der Waals surface area contributed by atoms with Gasteiger partial charge in [-0.3, -0.25) is 4.89 Å². The lowest BCUT2D eigenvalue weighted by Gasteiger charge is -2.25. The molecule has 1 fully saturated rings. The first-order chi connectivity index (χ1) is 10.6. The number of ether oxygens (including phenoxy) is 1. The average molecular weight is 308 g/mol.